The van der Waals surface area contributed by atoms with Gasteiger partial charge in [-0.05, 0) is 31.5 Å². The third kappa shape index (κ3) is 2.42. The molecule has 0 radical (unpaired) electrons. The van der Waals surface area contributed by atoms with Gasteiger partial charge in [0.1, 0.15) is 11.9 Å². The van der Waals surface area contributed by atoms with Crippen molar-refractivity contribution in [3.8, 4) is 5.75 Å². The fraction of sp³-hybridized carbons (Fsp3) is 0.500. The molecule has 0 spiro atoms. The van der Waals surface area contributed by atoms with Gasteiger partial charge >= 0.3 is 0 Å². The van der Waals surface area contributed by atoms with Crippen molar-refractivity contribution >= 4 is 0 Å². The Bertz CT molecular complexity index is 244. The van der Waals surface area contributed by atoms with E-state index in [1.165, 1.54) is 6.42 Å². The first-order valence-corrected chi connectivity index (χ1v) is 4.72. The molecule has 1 atom stereocenters. The second-order valence-corrected chi connectivity index (χ2v) is 3.27. The zero-order valence-electron chi connectivity index (χ0n) is 7.57. The minimum Gasteiger partial charge on any atom is -0.487 e. The van der Waals surface area contributed by atoms with Crippen molar-refractivity contribution in [2.24, 2.45) is 0 Å². The van der Waals surface area contributed by atoms with E-state index in [-0.39, 0.29) is 0 Å². The highest BCUT2D eigenvalue weighted by Crippen LogP contribution is 2.13. The Labute approximate surface area is 78.1 Å². The van der Waals surface area contributed by atoms with Crippen LogP contribution in [0.25, 0.3) is 0 Å². The lowest BCUT2D eigenvalue weighted by Gasteiger charge is -2.23. The van der Waals surface area contributed by atoms with Crippen LogP contribution < -0.4 is 10.1 Å². The van der Waals surface area contributed by atoms with Crippen molar-refractivity contribution in [2.45, 2.75) is 18.9 Å². The molecule has 0 unspecified atom stereocenters. The summed E-state index contributed by atoms with van der Waals surface area (Å²) < 4.78 is 5.73. The molecule has 3 nitrogen and oxygen atoms in total. The van der Waals surface area contributed by atoms with Gasteiger partial charge in [-0.1, -0.05) is 0 Å². The van der Waals surface area contributed by atoms with Crippen molar-refractivity contribution in [1.82, 2.24) is 10.3 Å². The Balaban J connectivity index is 1.90. The predicted octanol–water partition coefficient (Wildman–Crippen LogP) is 1.21. The quantitative estimate of drug-likeness (QED) is 0.739. The largest absolute Gasteiger partial charge is 0.487 e. The van der Waals surface area contributed by atoms with Crippen LogP contribution in [0.3, 0.4) is 0 Å². The minimum absolute atomic E-state index is 0.318. The van der Waals surface area contributed by atoms with Crippen molar-refractivity contribution < 1.29 is 4.74 Å². The van der Waals surface area contributed by atoms with E-state index in [4.69, 9.17) is 4.74 Å². The third-order valence-electron chi connectivity index (χ3n) is 2.19. The van der Waals surface area contributed by atoms with Crippen LogP contribution in [0.15, 0.2) is 24.5 Å². The summed E-state index contributed by atoms with van der Waals surface area (Å²) in [6.45, 7) is 2.07. The van der Waals surface area contributed by atoms with Gasteiger partial charge < -0.3 is 10.1 Å². The van der Waals surface area contributed by atoms with E-state index in [9.17, 15) is 0 Å². The van der Waals surface area contributed by atoms with Crippen LogP contribution in [0.5, 0.6) is 5.75 Å². The van der Waals surface area contributed by atoms with E-state index in [0.717, 1.165) is 25.3 Å². The highest BCUT2D eigenvalue weighted by molar-refractivity contribution is 5.15. The van der Waals surface area contributed by atoms with E-state index >= 15 is 0 Å². The van der Waals surface area contributed by atoms with Crippen LogP contribution in [0, 0.1) is 0 Å². The third-order valence-corrected chi connectivity index (χ3v) is 2.19. The van der Waals surface area contributed by atoms with Crippen molar-refractivity contribution in [3.63, 3.8) is 0 Å². The van der Waals surface area contributed by atoms with Gasteiger partial charge in [-0.15, -0.1) is 0 Å². The van der Waals surface area contributed by atoms with Crippen LogP contribution in [-0.4, -0.2) is 24.2 Å². The van der Waals surface area contributed by atoms with E-state index in [0.29, 0.717) is 6.10 Å². The summed E-state index contributed by atoms with van der Waals surface area (Å²) in [6, 6.07) is 3.84. The maximum atomic E-state index is 5.73. The zero-order valence-corrected chi connectivity index (χ0v) is 7.57. The highest BCUT2D eigenvalue weighted by Gasteiger charge is 2.13. The normalized spacial score (nSPS) is 22.6. The van der Waals surface area contributed by atoms with Gasteiger partial charge in [0.2, 0.25) is 0 Å². The zero-order chi connectivity index (χ0) is 8.93. The molecule has 0 aliphatic carbocycles. The molecule has 0 bridgehead atoms. The van der Waals surface area contributed by atoms with Crippen LogP contribution in [0.1, 0.15) is 12.8 Å². The molecule has 1 aromatic rings. The molecule has 2 heterocycles. The first-order valence-electron chi connectivity index (χ1n) is 4.72. The number of nitrogens with one attached hydrogen (secondary N) is 1. The summed E-state index contributed by atoms with van der Waals surface area (Å²) in [7, 11) is 0. The van der Waals surface area contributed by atoms with Gasteiger partial charge in [0.05, 0.1) is 6.20 Å². The van der Waals surface area contributed by atoms with Gasteiger partial charge in [0.25, 0.3) is 0 Å². The Kier molecular flexibility index (Phi) is 2.77. The molecule has 2 rings (SSSR count). The molecule has 1 aromatic heterocycles. The van der Waals surface area contributed by atoms with E-state index in [1.54, 1.807) is 12.4 Å². The Morgan fingerprint density at radius 2 is 2.54 bits per heavy atom. The van der Waals surface area contributed by atoms with E-state index in [1.807, 2.05) is 12.1 Å². The van der Waals surface area contributed by atoms with Gasteiger partial charge in [-0.2, -0.15) is 0 Å². The molecule has 1 aliphatic heterocycles. The summed E-state index contributed by atoms with van der Waals surface area (Å²) in [5.41, 5.74) is 0. The lowest BCUT2D eigenvalue weighted by Crippen LogP contribution is -2.37. The second kappa shape index (κ2) is 4.23. The standard InChI is InChI=1S/C10H14N2O/c1-3-9(7-11-5-1)13-10-4-2-6-12-8-10/h1,3,5,7,10,12H,2,4,6,8H2/t10-/m1/s1. The molecular formula is C10H14N2O. The molecule has 0 saturated carbocycles. The van der Waals surface area contributed by atoms with Crippen molar-refractivity contribution in [3.05, 3.63) is 24.5 Å². The van der Waals surface area contributed by atoms with Gasteiger partial charge in [0, 0.05) is 12.7 Å². The molecule has 13 heavy (non-hydrogen) atoms. The highest BCUT2D eigenvalue weighted by atomic mass is 16.5. The average Bonchev–Trinajstić information content (AvgIpc) is 2.21. The van der Waals surface area contributed by atoms with Gasteiger partial charge in [-0.25, -0.2) is 0 Å². The molecule has 3 heteroatoms. The fourth-order valence-electron chi connectivity index (χ4n) is 1.53. The number of hydrogen-bond donors (Lipinski definition) is 1. The Morgan fingerprint density at radius 1 is 1.54 bits per heavy atom. The molecule has 0 aromatic carbocycles. The van der Waals surface area contributed by atoms with E-state index < -0.39 is 0 Å². The smallest absolute Gasteiger partial charge is 0.138 e. The SMILES string of the molecule is c1cncc(O[C@@H]2CCCNC2)c1. The Morgan fingerprint density at radius 3 is 3.23 bits per heavy atom. The fourth-order valence-corrected chi connectivity index (χ4v) is 1.53. The number of aromatic nitrogens is 1. The van der Waals surface area contributed by atoms with E-state index in [2.05, 4.69) is 10.3 Å². The summed E-state index contributed by atoms with van der Waals surface area (Å²) in [5, 5.41) is 3.31. The topological polar surface area (TPSA) is 34.1 Å². The summed E-state index contributed by atoms with van der Waals surface area (Å²) in [5.74, 6) is 0.871. The average molecular weight is 178 g/mol. The van der Waals surface area contributed by atoms with Crippen molar-refractivity contribution in [1.29, 1.82) is 0 Å². The lowest BCUT2D eigenvalue weighted by atomic mass is 10.1. The van der Waals surface area contributed by atoms with Crippen molar-refractivity contribution in [2.75, 3.05) is 13.1 Å². The maximum Gasteiger partial charge on any atom is 0.138 e. The van der Waals surface area contributed by atoms with Gasteiger partial charge in [-0.3, -0.25) is 4.98 Å². The number of rotatable bonds is 2. The lowest BCUT2D eigenvalue weighted by molar-refractivity contribution is 0.166. The number of pyridine rings is 1. The minimum atomic E-state index is 0.318. The monoisotopic (exact) mass is 178 g/mol. The maximum absolute atomic E-state index is 5.73. The first kappa shape index (κ1) is 8.51. The number of nitrogens with zero attached hydrogens (tertiary/aromatic N) is 1. The summed E-state index contributed by atoms with van der Waals surface area (Å²) in [6.07, 6.45) is 6.17. The summed E-state index contributed by atoms with van der Waals surface area (Å²) in [4.78, 5) is 4.00. The number of hydrogen-bond acceptors (Lipinski definition) is 3. The van der Waals surface area contributed by atoms with Crippen LogP contribution in [0.2, 0.25) is 0 Å². The molecule has 1 aliphatic rings. The number of piperidine rings is 1. The second-order valence-electron chi connectivity index (χ2n) is 3.27. The summed E-state index contributed by atoms with van der Waals surface area (Å²) >= 11 is 0. The molecule has 1 fully saturated rings. The number of ether oxygens (including phenoxy) is 1. The van der Waals surface area contributed by atoms with Crippen LogP contribution in [-0.2, 0) is 0 Å². The van der Waals surface area contributed by atoms with Crippen LogP contribution >= 0.6 is 0 Å². The van der Waals surface area contributed by atoms with Crippen LogP contribution in [0.4, 0.5) is 0 Å². The first-order chi connectivity index (χ1) is 6.45. The molecule has 0 amide bonds. The Hall–Kier alpha value is -1.09. The molecule has 1 saturated heterocycles. The molecule has 1 N–H and O–H groups in total. The predicted molar refractivity (Wildman–Crippen MR) is 50.8 cm³/mol. The molecular weight excluding hydrogens is 164 g/mol. The van der Waals surface area contributed by atoms with Gasteiger partial charge in [0.15, 0.2) is 0 Å². The molecule has 70 valence electrons.